The van der Waals surface area contributed by atoms with E-state index < -0.39 is 0 Å². The molecule has 1 heteroatoms. The second-order valence-electron chi connectivity index (χ2n) is 8.69. The second kappa shape index (κ2) is 4.87. The molecule has 2 unspecified atom stereocenters. The smallest absolute Gasteiger partial charge is 0.0107 e. The number of hydrogen-bond donors (Lipinski definition) is 1. The zero-order valence-electron chi connectivity index (χ0n) is 14.3. The molecule has 0 aromatic heterocycles. The van der Waals surface area contributed by atoms with E-state index in [0.717, 1.165) is 12.5 Å². The van der Waals surface area contributed by atoms with Crippen molar-refractivity contribution in [1.82, 2.24) is 5.32 Å². The third kappa shape index (κ3) is 3.25. The van der Waals surface area contributed by atoms with Crippen molar-refractivity contribution < 1.29 is 0 Å². The van der Waals surface area contributed by atoms with E-state index in [1.807, 2.05) is 0 Å². The van der Waals surface area contributed by atoms with Crippen molar-refractivity contribution in [3.63, 3.8) is 0 Å². The summed E-state index contributed by atoms with van der Waals surface area (Å²) >= 11 is 0. The predicted molar refractivity (Wildman–Crippen MR) is 88.4 cm³/mol. The summed E-state index contributed by atoms with van der Waals surface area (Å²) in [7, 11) is 0. The first-order valence-corrected chi connectivity index (χ1v) is 7.91. The Labute approximate surface area is 125 Å². The molecule has 2 atom stereocenters. The summed E-state index contributed by atoms with van der Waals surface area (Å²) in [5.74, 6) is 0.790. The molecule has 2 rings (SSSR count). The number of rotatable bonds is 3. The van der Waals surface area contributed by atoms with Gasteiger partial charge in [-0.1, -0.05) is 52.0 Å². The summed E-state index contributed by atoms with van der Waals surface area (Å²) in [5, 5.41) is 3.70. The molecule has 0 aliphatic heterocycles. The molecular formula is C19H31N. The SMILES string of the molecule is CC1CC1(CNC(C)(C)C)c1ccc(C(C)(C)C)cc1. The van der Waals surface area contributed by atoms with Crippen molar-refractivity contribution in [1.29, 1.82) is 0 Å². The van der Waals surface area contributed by atoms with Crippen LogP contribution in [0.2, 0.25) is 0 Å². The van der Waals surface area contributed by atoms with Gasteiger partial charge in [0, 0.05) is 17.5 Å². The molecule has 1 saturated carbocycles. The maximum atomic E-state index is 3.70. The second-order valence-corrected chi connectivity index (χ2v) is 8.69. The zero-order valence-corrected chi connectivity index (χ0v) is 14.3. The van der Waals surface area contributed by atoms with Crippen LogP contribution in [-0.4, -0.2) is 12.1 Å². The third-order valence-corrected chi connectivity index (χ3v) is 4.71. The summed E-state index contributed by atoms with van der Waals surface area (Å²) in [6.07, 6.45) is 1.31. The highest BCUT2D eigenvalue weighted by Gasteiger charge is 2.52. The fourth-order valence-electron chi connectivity index (χ4n) is 2.96. The molecule has 1 aliphatic carbocycles. The van der Waals surface area contributed by atoms with Gasteiger partial charge in [0.05, 0.1) is 0 Å². The Bertz CT molecular complexity index is 458. The lowest BCUT2D eigenvalue weighted by molar-refractivity contribution is 0.392. The number of benzene rings is 1. The van der Waals surface area contributed by atoms with Crippen LogP contribution in [-0.2, 0) is 10.8 Å². The Balaban J connectivity index is 2.17. The normalized spacial score (nSPS) is 26.6. The van der Waals surface area contributed by atoms with Crippen LogP contribution in [0.25, 0.3) is 0 Å². The van der Waals surface area contributed by atoms with Crippen molar-refractivity contribution in [2.24, 2.45) is 5.92 Å². The van der Waals surface area contributed by atoms with E-state index in [4.69, 9.17) is 0 Å². The lowest BCUT2D eigenvalue weighted by Crippen LogP contribution is -2.41. The molecule has 1 nitrogen and oxygen atoms in total. The van der Waals surface area contributed by atoms with E-state index >= 15 is 0 Å². The minimum Gasteiger partial charge on any atom is -0.311 e. The maximum absolute atomic E-state index is 3.70. The minimum absolute atomic E-state index is 0.195. The number of hydrogen-bond acceptors (Lipinski definition) is 1. The van der Waals surface area contributed by atoms with Crippen LogP contribution in [0.3, 0.4) is 0 Å². The number of nitrogens with one attached hydrogen (secondary N) is 1. The topological polar surface area (TPSA) is 12.0 Å². The van der Waals surface area contributed by atoms with Crippen molar-refractivity contribution in [3.8, 4) is 0 Å². The van der Waals surface area contributed by atoms with Crippen molar-refractivity contribution in [2.45, 2.75) is 71.3 Å². The van der Waals surface area contributed by atoms with Crippen LogP contribution >= 0.6 is 0 Å². The van der Waals surface area contributed by atoms with Gasteiger partial charge in [0.25, 0.3) is 0 Å². The summed E-state index contributed by atoms with van der Waals surface area (Å²) in [5.41, 5.74) is 3.73. The average molecular weight is 273 g/mol. The van der Waals surface area contributed by atoms with E-state index in [0.29, 0.717) is 5.41 Å². The van der Waals surface area contributed by atoms with E-state index in [-0.39, 0.29) is 11.0 Å². The van der Waals surface area contributed by atoms with Gasteiger partial charge in [-0.05, 0) is 49.7 Å². The van der Waals surface area contributed by atoms with Crippen LogP contribution in [0.1, 0.15) is 66.0 Å². The van der Waals surface area contributed by atoms with Crippen LogP contribution in [0, 0.1) is 5.92 Å². The quantitative estimate of drug-likeness (QED) is 0.845. The van der Waals surface area contributed by atoms with E-state index in [1.54, 1.807) is 0 Å². The average Bonchev–Trinajstić information content (AvgIpc) is 2.97. The van der Waals surface area contributed by atoms with Crippen LogP contribution in [0.15, 0.2) is 24.3 Å². The van der Waals surface area contributed by atoms with Gasteiger partial charge in [0.2, 0.25) is 0 Å². The van der Waals surface area contributed by atoms with Gasteiger partial charge in [-0.2, -0.15) is 0 Å². The largest absolute Gasteiger partial charge is 0.311 e. The molecule has 112 valence electrons. The molecule has 0 amide bonds. The van der Waals surface area contributed by atoms with Gasteiger partial charge in [-0.25, -0.2) is 0 Å². The molecule has 1 N–H and O–H groups in total. The molecule has 0 radical (unpaired) electrons. The van der Waals surface area contributed by atoms with Crippen LogP contribution < -0.4 is 5.32 Å². The molecular weight excluding hydrogens is 242 g/mol. The van der Waals surface area contributed by atoms with Crippen molar-refractivity contribution in [3.05, 3.63) is 35.4 Å². The Hall–Kier alpha value is -0.820. The first kappa shape index (κ1) is 15.6. The lowest BCUT2D eigenvalue weighted by Gasteiger charge is -2.27. The predicted octanol–water partition coefficient (Wildman–Crippen LogP) is 4.65. The first-order chi connectivity index (χ1) is 9.05. The molecule has 1 fully saturated rings. The Morgan fingerprint density at radius 3 is 1.90 bits per heavy atom. The monoisotopic (exact) mass is 273 g/mol. The van der Waals surface area contributed by atoms with Gasteiger partial charge < -0.3 is 5.32 Å². The third-order valence-electron chi connectivity index (χ3n) is 4.71. The Morgan fingerprint density at radius 2 is 1.55 bits per heavy atom. The highest BCUT2D eigenvalue weighted by Crippen LogP contribution is 2.53. The first-order valence-electron chi connectivity index (χ1n) is 7.91. The van der Waals surface area contributed by atoms with Crippen LogP contribution in [0.4, 0.5) is 0 Å². The van der Waals surface area contributed by atoms with Crippen molar-refractivity contribution in [2.75, 3.05) is 6.54 Å². The van der Waals surface area contributed by atoms with Gasteiger partial charge in [-0.3, -0.25) is 0 Å². The molecule has 0 spiro atoms. The van der Waals surface area contributed by atoms with Gasteiger partial charge in [0.1, 0.15) is 0 Å². The molecule has 0 bridgehead atoms. The lowest BCUT2D eigenvalue weighted by atomic mass is 9.84. The summed E-state index contributed by atoms with van der Waals surface area (Å²) in [6.45, 7) is 17.0. The Kier molecular flexibility index (Phi) is 3.79. The summed E-state index contributed by atoms with van der Waals surface area (Å²) < 4.78 is 0. The molecule has 1 aromatic rings. The summed E-state index contributed by atoms with van der Waals surface area (Å²) in [4.78, 5) is 0. The van der Waals surface area contributed by atoms with E-state index in [2.05, 4.69) is 78.0 Å². The molecule has 0 saturated heterocycles. The van der Waals surface area contributed by atoms with Gasteiger partial charge >= 0.3 is 0 Å². The minimum atomic E-state index is 0.195. The molecule has 0 heterocycles. The Morgan fingerprint density at radius 1 is 1.05 bits per heavy atom. The van der Waals surface area contributed by atoms with Gasteiger partial charge in [-0.15, -0.1) is 0 Å². The highest BCUT2D eigenvalue weighted by atomic mass is 15.0. The molecule has 1 aromatic carbocycles. The fraction of sp³-hybridized carbons (Fsp3) is 0.684. The maximum Gasteiger partial charge on any atom is 0.0107 e. The standard InChI is InChI=1S/C19H31N/c1-14-12-19(14,13-20-18(5,6)7)16-10-8-15(9-11-16)17(2,3)4/h8-11,14,20H,12-13H2,1-7H3. The van der Waals surface area contributed by atoms with Gasteiger partial charge in [0.15, 0.2) is 0 Å². The fourth-order valence-corrected chi connectivity index (χ4v) is 2.96. The molecule has 1 aliphatic rings. The van der Waals surface area contributed by atoms with Crippen molar-refractivity contribution >= 4 is 0 Å². The highest BCUT2D eigenvalue weighted by molar-refractivity contribution is 5.37. The molecule has 20 heavy (non-hydrogen) atoms. The summed E-state index contributed by atoms with van der Waals surface area (Å²) in [6, 6.07) is 9.35. The van der Waals surface area contributed by atoms with E-state index in [9.17, 15) is 0 Å². The van der Waals surface area contributed by atoms with E-state index in [1.165, 1.54) is 17.5 Å². The zero-order chi connectivity index (χ0) is 15.2. The van der Waals surface area contributed by atoms with Crippen LogP contribution in [0.5, 0.6) is 0 Å².